The predicted octanol–water partition coefficient (Wildman–Crippen LogP) is 5.36. The van der Waals surface area contributed by atoms with E-state index in [0.29, 0.717) is 17.1 Å². The van der Waals surface area contributed by atoms with Gasteiger partial charge in [0.25, 0.3) is 0 Å². The summed E-state index contributed by atoms with van der Waals surface area (Å²) in [4.78, 5) is 12.3. The highest BCUT2D eigenvalue weighted by atomic mass is 32.2. The smallest absolute Gasteiger partial charge is 0.189 e. The van der Waals surface area contributed by atoms with Crippen LogP contribution in [0.5, 0.6) is 0 Å². The number of allylic oxidation sites excluding steroid dienone is 1. The van der Waals surface area contributed by atoms with Gasteiger partial charge in [0.15, 0.2) is 5.12 Å². The molecule has 0 aromatic heterocycles. The van der Waals surface area contributed by atoms with Crippen molar-refractivity contribution in [2.24, 2.45) is 0 Å². The molecule has 0 fully saturated rings. The molecule has 3 heteroatoms. The topological polar surface area (TPSA) is 17.1 Å². The molecule has 0 amide bonds. The molecule has 2 rings (SSSR count). The lowest BCUT2D eigenvalue weighted by molar-refractivity contribution is -0.110. The Hall–Kier alpha value is -1.58. The van der Waals surface area contributed by atoms with E-state index in [1.165, 1.54) is 22.5 Å². The fourth-order valence-electron chi connectivity index (χ4n) is 2.84. The minimum absolute atomic E-state index is 0.298. The lowest BCUT2D eigenvalue weighted by Crippen LogP contribution is -2.45. The van der Waals surface area contributed by atoms with E-state index in [1.807, 2.05) is 25.1 Å². The van der Waals surface area contributed by atoms with E-state index in [2.05, 4.69) is 67.7 Å². The van der Waals surface area contributed by atoms with E-state index >= 15 is 0 Å². The van der Waals surface area contributed by atoms with Gasteiger partial charge in [-0.05, 0) is 16.9 Å². The monoisotopic (exact) mass is 354 g/mol. The molecule has 1 nitrogen and oxygen atoms in total. The third-order valence-corrected chi connectivity index (χ3v) is 9.31. The van der Waals surface area contributed by atoms with Gasteiger partial charge in [0.1, 0.15) is 0 Å². The van der Waals surface area contributed by atoms with Crippen LogP contribution in [0.25, 0.3) is 6.08 Å². The van der Waals surface area contributed by atoms with Crippen molar-refractivity contribution in [1.29, 1.82) is 0 Å². The highest BCUT2D eigenvalue weighted by Crippen LogP contribution is 2.30. The van der Waals surface area contributed by atoms with Crippen molar-refractivity contribution in [2.75, 3.05) is 5.75 Å². The molecule has 0 radical (unpaired) electrons. The molecule has 126 valence electrons. The number of hydrogen-bond donors (Lipinski definition) is 0. The van der Waals surface area contributed by atoms with Crippen molar-refractivity contribution in [2.45, 2.75) is 32.0 Å². The van der Waals surface area contributed by atoms with E-state index in [1.54, 1.807) is 0 Å². The van der Waals surface area contributed by atoms with Crippen LogP contribution in [0, 0.1) is 0 Å². The number of hydrogen-bond acceptors (Lipinski definition) is 2. The lowest BCUT2D eigenvalue weighted by Gasteiger charge is -2.30. The zero-order valence-corrected chi connectivity index (χ0v) is 16.6. The van der Waals surface area contributed by atoms with Crippen LogP contribution in [0.15, 0.2) is 66.7 Å². The third kappa shape index (κ3) is 5.22. The highest BCUT2D eigenvalue weighted by molar-refractivity contribution is 8.13. The first kappa shape index (κ1) is 18.8. The summed E-state index contributed by atoms with van der Waals surface area (Å²) in [5, 5.41) is 1.71. The number of rotatable bonds is 7. The van der Waals surface area contributed by atoms with Gasteiger partial charge in [0.05, 0.1) is 8.07 Å². The molecule has 2 aromatic carbocycles. The average Bonchev–Trinajstić information content (AvgIpc) is 2.60. The second-order valence-electron chi connectivity index (χ2n) is 6.47. The molecule has 2 aromatic rings. The van der Waals surface area contributed by atoms with E-state index in [9.17, 15) is 4.79 Å². The van der Waals surface area contributed by atoms with Gasteiger partial charge in [-0.2, -0.15) is 0 Å². The normalized spacial score (nSPS) is 13.1. The van der Waals surface area contributed by atoms with Gasteiger partial charge in [0.2, 0.25) is 0 Å². The van der Waals surface area contributed by atoms with Crippen molar-refractivity contribution in [1.82, 2.24) is 0 Å². The average molecular weight is 355 g/mol. The summed E-state index contributed by atoms with van der Waals surface area (Å²) in [6, 6.07) is 21.0. The molecule has 24 heavy (non-hydrogen) atoms. The minimum Gasteiger partial charge on any atom is -0.287 e. The Morgan fingerprint density at radius 1 is 1.04 bits per heavy atom. The molecule has 0 saturated carbocycles. The lowest BCUT2D eigenvalue weighted by atomic mass is 10.2. The van der Waals surface area contributed by atoms with Crippen molar-refractivity contribution >= 4 is 36.2 Å². The van der Waals surface area contributed by atoms with Crippen LogP contribution in [0.1, 0.15) is 18.9 Å². The minimum atomic E-state index is -1.78. The first-order valence-electron chi connectivity index (χ1n) is 8.48. The van der Waals surface area contributed by atoms with E-state index in [4.69, 9.17) is 0 Å². The van der Waals surface area contributed by atoms with Crippen LogP contribution in [0.4, 0.5) is 0 Å². The maximum atomic E-state index is 12.3. The summed E-state index contributed by atoms with van der Waals surface area (Å²) in [6.45, 7) is 6.77. The zero-order valence-electron chi connectivity index (χ0n) is 14.7. The van der Waals surface area contributed by atoms with Gasteiger partial charge in [-0.25, -0.2) is 0 Å². The van der Waals surface area contributed by atoms with Crippen molar-refractivity contribution in [3.63, 3.8) is 0 Å². The molecule has 0 aliphatic carbocycles. The first-order valence-corrected chi connectivity index (χ1v) is 12.5. The van der Waals surface area contributed by atoms with Gasteiger partial charge < -0.3 is 0 Å². The maximum Gasteiger partial charge on any atom is 0.189 e. The molecule has 0 aliphatic heterocycles. The Morgan fingerprint density at radius 3 is 2.21 bits per heavy atom. The standard InChI is InChI=1S/C21H26OSSi/c1-4-23-21(22)17-20(16-15-18-11-7-5-8-12-18)24(2,3)19-13-9-6-10-14-19/h5-16,20H,4,17H2,1-3H3/b16-15+/t20-/m0/s1. The first-order chi connectivity index (χ1) is 11.5. The summed E-state index contributed by atoms with van der Waals surface area (Å²) in [7, 11) is -1.78. The van der Waals surface area contributed by atoms with Gasteiger partial charge in [-0.15, -0.1) is 0 Å². The number of carbonyl (C=O) groups excluding carboxylic acids is 1. The summed E-state index contributed by atoms with van der Waals surface area (Å²) in [5.41, 5.74) is 1.49. The van der Waals surface area contributed by atoms with Crippen LogP contribution in [-0.4, -0.2) is 18.9 Å². The van der Waals surface area contributed by atoms with Crippen LogP contribution in [-0.2, 0) is 4.79 Å². The molecule has 0 N–H and O–H groups in total. The Morgan fingerprint density at radius 2 is 1.62 bits per heavy atom. The quantitative estimate of drug-likeness (QED) is 0.623. The van der Waals surface area contributed by atoms with Gasteiger partial charge in [0, 0.05) is 6.42 Å². The summed E-state index contributed by atoms with van der Waals surface area (Å²) >= 11 is 1.44. The Bertz CT molecular complexity index is 665. The zero-order chi connectivity index (χ0) is 17.4. The molecular formula is C21H26OSSi. The van der Waals surface area contributed by atoms with Gasteiger partial charge in [-0.3, -0.25) is 4.79 Å². The SMILES string of the molecule is CCSC(=O)C[C@H](/C=C/c1ccccc1)[Si](C)(C)c1ccccc1. The molecule has 0 unspecified atom stereocenters. The molecule has 0 spiro atoms. The van der Waals surface area contributed by atoms with Crippen molar-refractivity contribution < 1.29 is 4.79 Å². The summed E-state index contributed by atoms with van der Waals surface area (Å²) in [6.07, 6.45) is 5.06. The molecule has 0 bridgehead atoms. The fraction of sp³-hybridized carbons (Fsp3) is 0.286. The molecule has 0 saturated heterocycles. The van der Waals surface area contributed by atoms with E-state index in [-0.39, 0.29) is 0 Å². The van der Waals surface area contributed by atoms with Crippen molar-refractivity contribution in [3.05, 3.63) is 72.3 Å². The van der Waals surface area contributed by atoms with Crippen molar-refractivity contribution in [3.8, 4) is 0 Å². The Balaban J connectivity index is 2.28. The highest BCUT2D eigenvalue weighted by Gasteiger charge is 2.33. The second-order valence-corrected chi connectivity index (χ2v) is 12.6. The van der Waals surface area contributed by atoms with Crippen LogP contribution in [0.2, 0.25) is 18.6 Å². The molecular weight excluding hydrogens is 328 g/mol. The second kappa shape index (κ2) is 9.05. The maximum absolute atomic E-state index is 12.3. The molecule has 0 heterocycles. The third-order valence-electron chi connectivity index (χ3n) is 4.46. The van der Waals surface area contributed by atoms with Crippen LogP contribution < -0.4 is 5.19 Å². The van der Waals surface area contributed by atoms with E-state index in [0.717, 1.165) is 5.75 Å². The molecule has 0 aliphatic rings. The molecule has 1 atom stereocenters. The van der Waals surface area contributed by atoms with Crippen LogP contribution >= 0.6 is 11.8 Å². The summed E-state index contributed by atoms with van der Waals surface area (Å²) < 4.78 is 0. The number of thioether (sulfide) groups is 1. The van der Waals surface area contributed by atoms with E-state index < -0.39 is 8.07 Å². The Kier molecular flexibility index (Phi) is 7.07. The number of carbonyl (C=O) groups is 1. The Labute approximate surface area is 151 Å². The van der Waals surface area contributed by atoms with Gasteiger partial charge >= 0.3 is 0 Å². The summed E-state index contributed by atoms with van der Waals surface area (Å²) in [5.74, 6) is 0.848. The largest absolute Gasteiger partial charge is 0.287 e. The van der Waals surface area contributed by atoms with Crippen LogP contribution in [0.3, 0.4) is 0 Å². The predicted molar refractivity (Wildman–Crippen MR) is 111 cm³/mol. The fourth-order valence-corrected chi connectivity index (χ4v) is 6.36. The van der Waals surface area contributed by atoms with Gasteiger partial charge in [-0.1, -0.05) is 110 Å². The number of benzene rings is 2.